The molecule has 1 aromatic carbocycles. The topological polar surface area (TPSA) is 79.3 Å². The lowest BCUT2D eigenvalue weighted by atomic mass is 10.1. The number of amidine groups is 1. The van der Waals surface area contributed by atoms with Crippen LogP contribution in [0, 0.1) is 0 Å². The third-order valence-corrected chi connectivity index (χ3v) is 6.96. The summed E-state index contributed by atoms with van der Waals surface area (Å²) in [5.74, 6) is 0.558. The van der Waals surface area contributed by atoms with Gasteiger partial charge in [-0.3, -0.25) is 4.79 Å². The number of nitrogens with zero attached hydrogens (tertiary/aromatic N) is 3. The Morgan fingerprint density at radius 3 is 2.61 bits per heavy atom. The zero-order valence-corrected chi connectivity index (χ0v) is 16.8. The van der Waals surface area contributed by atoms with Gasteiger partial charge in [0, 0.05) is 38.4 Å². The van der Waals surface area contributed by atoms with Crippen LogP contribution in [0.4, 0.5) is 0 Å². The molecule has 2 saturated heterocycles. The summed E-state index contributed by atoms with van der Waals surface area (Å²) in [4.78, 5) is 16.7. The molecule has 28 heavy (non-hydrogen) atoms. The standard InChI is InChI=1S/C20H25N3O4S/c1-15-18(16-7-3-2-4-8-16)28(25,26)21-19(15)22-10-6-11-23(13-12-22)20(24)17-9-5-14-27-17/h2-4,7-8,17H,5-6,9-14H2,1H3/t17-/m0/s1. The quantitative estimate of drug-likeness (QED) is 0.753. The second-order valence-corrected chi connectivity index (χ2v) is 8.92. The molecule has 4 rings (SSSR count). The Hall–Kier alpha value is -2.19. The minimum absolute atomic E-state index is 0.0533. The summed E-state index contributed by atoms with van der Waals surface area (Å²) in [6.45, 7) is 4.90. The van der Waals surface area contributed by atoms with Gasteiger partial charge in [0.2, 0.25) is 0 Å². The van der Waals surface area contributed by atoms with Crippen LogP contribution >= 0.6 is 0 Å². The molecule has 0 bridgehead atoms. The van der Waals surface area contributed by atoms with Crippen LogP contribution in [0.3, 0.4) is 0 Å². The second kappa shape index (κ2) is 7.67. The molecule has 0 radical (unpaired) electrons. The first-order valence-electron chi connectivity index (χ1n) is 9.74. The van der Waals surface area contributed by atoms with Crippen molar-refractivity contribution in [1.29, 1.82) is 0 Å². The van der Waals surface area contributed by atoms with E-state index >= 15 is 0 Å². The molecular weight excluding hydrogens is 378 g/mol. The zero-order valence-electron chi connectivity index (χ0n) is 16.0. The van der Waals surface area contributed by atoms with E-state index in [1.165, 1.54) is 0 Å². The van der Waals surface area contributed by atoms with Crippen molar-refractivity contribution in [3.05, 3.63) is 41.5 Å². The lowest BCUT2D eigenvalue weighted by molar-refractivity contribution is -0.140. The third kappa shape index (κ3) is 3.58. The number of benzene rings is 1. The molecule has 1 atom stereocenters. The van der Waals surface area contributed by atoms with Gasteiger partial charge in [-0.25, -0.2) is 0 Å². The third-order valence-electron chi connectivity index (χ3n) is 5.49. The van der Waals surface area contributed by atoms with Crippen LogP contribution in [0.5, 0.6) is 0 Å². The summed E-state index contributed by atoms with van der Waals surface area (Å²) < 4.78 is 35.0. The molecular formula is C20H25N3O4S. The smallest absolute Gasteiger partial charge is 0.285 e. The fraction of sp³-hybridized carbons (Fsp3) is 0.500. The summed E-state index contributed by atoms with van der Waals surface area (Å²) >= 11 is 0. The van der Waals surface area contributed by atoms with Gasteiger partial charge in [-0.05, 0) is 31.7 Å². The van der Waals surface area contributed by atoms with E-state index in [2.05, 4.69) is 4.40 Å². The normalized spacial score (nSPS) is 25.0. The Labute approximate surface area is 165 Å². The monoisotopic (exact) mass is 403 g/mol. The molecule has 0 saturated carbocycles. The molecule has 150 valence electrons. The second-order valence-electron chi connectivity index (χ2n) is 7.38. The van der Waals surface area contributed by atoms with Crippen LogP contribution in [-0.4, -0.2) is 68.9 Å². The Morgan fingerprint density at radius 2 is 1.89 bits per heavy atom. The summed E-state index contributed by atoms with van der Waals surface area (Å²) in [5.41, 5.74) is 1.33. The number of hydrogen-bond donors (Lipinski definition) is 0. The summed E-state index contributed by atoms with van der Waals surface area (Å²) in [7, 11) is -3.72. The lowest BCUT2D eigenvalue weighted by Crippen LogP contribution is -2.41. The van der Waals surface area contributed by atoms with Crippen molar-refractivity contribution in [2.45, 2.75) is 32.3 Å². The van der Waals surface area contributed by atoms with Gasteiger partial charge in [0.1, 0.15) is 16.8 Å². The van der Waals surface area contributed by atoms with Gasteiger partial charge in [-0.15, -0.1) is 4.40 Å². The molecule has 2 fully saturated rings. The SMILES string of the molecule is CC1=C(c2ccccc2)S(=O)(=O)N=C1N1CCCN(C(=O)[C@@H]2CCCO2)CC1. The Balaban J connectivity index is 1.53. The predicted molar refractivity (Wildman–Crippen MR) is 107 cm³/mol. The molecule has 3 aliphatic heterocycles. The number of sulfonamides is 1. The van der Waals surface area contributed by atoms with Crippen molar-refractivity contribution in [3.8, 4) is 0 Å². The number of amides is 1. The molecule has 0 aromatic heterocycles. The predicted octanol–water partition coefficient (Wildman–Crippen LogP) is 1.87. The first-order chi connectivity index (χ1) is 13.5. The van der Waals surface area contributed by atoms with E-state index in [1.54, 1.807) is 12.1 Å². The van der Waals surface area contributed by atoms with E-state index < -0.39 is 10.0 Å². The Bertz CT molecular complexity index is 918. The maximum atomic E-state index is 12.7. The number of carbonyl (C=O) groups is 1. The number of hydrogen-bond acceptors (Lipinski definition) is 5. The number of ether oxygens (including phenoxy) is 1. The first kappa shape index (κ1) is 19.1. The van der Waals surface area contributed by atoms with Gasteiger partial charge in [-0.1, -0.05) is 30.3 Å². The highest BCUT2D eigenvalue weighted by molar-refractivity contribution is 8.00. The van der Waals surface area contributed by atoms with Crippen LogP contribution in [0.1, 0.15) is 31.7 Å². The van der Waals surface area contributed by atoms with E-state index in [0.717, 1.165) is 19.3 Å². The van der Waals surface area contributed by atoms with Crippen molar-refractivity contribution in [2.75, 3.05) is 32.8 Å². The van der Waals surface area contributed by atoms with Crippen molar-refractivity contribution in [2.24, 2.45) is 4.40 Å². The van der Waals surface area contributed by atoms with Crippen LogP contribution in [-0.2, 0) is 19.6 Å². The molecule has 3 aliphatic rings. The van der Waals surface area contributed by atoms with Gasteiger partial charge in [-0.2, -0.15) is 8.42 Å². The Kier molecular flexibility index (Phi) is 5.25. The van der Waals surface area contributed by atoms with E-state index in [-0.39, 0.29) is 16.9 Å². The maximum absolute atomic E-state index is 12.7. The van der Waals surface area contributed by atoms with Crippen molar-refractivity contribution >= 4 is 26.7 Å². The summed E-state index contributed by atoms with van der Waals surface area (Å²) in [6.07, 6.45) is 2.16. The van der Waals surface area contributed by atoms with Crippen LogP contribution in [0.15, 0.2) is 40.3 Å². The van der Waals surface area contributed by atoms with E-state index in [1.807, 2.05) is 34.9 Å². The number of carbonyl (C=O) groups excluding carboxylic acids is 1. The minimum atomic E-state index is -3.72. The molecule has 1 amide bonds. The van der Waals surface area contributed by atoms with Gasteiger partial charge < -0.3 is 14.5 Å². The van der Waals surface area contributed by atoms with Crippen LogP contribution < -0.4 is 0 Å². The number of rotatable bonds is 2. The minimum Gasteiger partial charge on any atom is -0.368 e. The molecule has 8 heteroatoms. The van der Waals surface area contributed by atoms with Crippen LogP contribution in [0.2, 0.25) is 0 Å². The summed E-state index contributed by atoms with van der Waals surface area (Å²) in [5, 5.41) is 0. The van der Waals surface area contributed by atoms with E-state index in [9.17, 15) is 13.2 Å². The molecule has 0 unspecified atom stereocenters. The molecule has 0 aliphatic carbocycles. The van der Waals surface area contributed by atoms with Crippen LogP contribution in [0.25, 0.3) is 4.91 Å². The molecule has 0 spiro atoms. The summed E-state index contributed by atoms with van der Waals surface area (Å²) in [6, 6.07) is 9.09. The highest BCUT2D eigenvalue weighted by atomic mass is 32.2. The van der Waals surface area contributed by atoms with E-state index in [4.69, 9.17) is 4.74 Å². The highest BCUT2D eigenvalue weighted by Gasteiger charge is 2.35. The van der Waals surface area contributed by atoms with Gasteiger partial charge >= 0.3 is 0 Å². The molecule has 0 N–H and O–H groups in total. The van der Waals surface area contributed by atoms with Gasteiger partial charge in [0.05, 0.1) is 0 Å². The lowest BCUT2D eigenvalue weighted by Gasteiger charge is -2.25. The van der Waals surface area contributed by atoms with Crippen molar-refractivity contribution < 1.29 is 17.9 Å². The largest absolute Gasteiger partial charge is 0.368 e. The molecule has 3 heterocycles. The molecule has 7 nitrogen and oxygen atoms in total. The first-order valence-corrected chi connectivity index (χ1v) is 11.2. The Morgan fingerprint density at radius 1 is 1.11 bits per heavy atom. The van der Waals surface area contributed by atoms with Crippen molar-refractivity contribution in [1.82, 2.24) is 9.80 Å². The van der Waals surface area contributed by atoms with E-state index in [0.29, 0.717) is 49.8 Å². The molecule has 1 aromatic rings. The average Bonchev–Trinajstić information content (AvgIpc) is 3.21. The fourth-order valence-electron chi connectivity index (χ4n) is 4.10. The fourth-order valence-corrected chi connectivity index (χ4v) is 5.58. The van der Waals surface area contributed by atoms with Crippen molar-refractivity contribution in [3.63, 3.8) is 0 Å². The van der Waals surface area contributed by atoms with Gasteiger partial charge in [0.25, 0.3) is 15.9 Å². The average molecular weight is 404 g/mol. The highest BCUT2D eigenvalue weighted by Crippen LogP contribution is 2.33. The van der Waals surface area contributed by atoms with Gasteiger partial charge in [0.15, 0.2) is 0 Å². The maximum Gasteiger partial charge on any atom is 0.285 e. The zero-order chi connectivity index (χ0) is 19.7.